The van der Waals surface area contributed by atoms with E-state index in [0.717, 1.165) is 38.4 Å². The van der Waals surface area contributed by atoms with Gasteiger partial charge in [-0.25, -0.2) is 4.39 Å². The van der Waals surface area contributed by atoms with Gasteiger partial charge in [-0.3, -0.25) is 9.69 Å². The Morgan fingerprint density at radius 1 is 1.08 bits per heavy atom. The molecule has 138 valence electrons. The molecule has 0 unspecified atom stereocenters. The molecule has 26 heavy (non-hydrogen) atoms. The van der Waals surface area contributed by atoms with Gasteiger partial charge in [0.2, 0.25) is 0 Å². The zero-order chi connectivity index (χ0) is 18.2. The van der Waals surface area contributed by atoms with Crippen molar-refractivity contribution >= 4 is 5.91 Å². The average Bonchev–Trinajstić information content (AvgIpc) is 2.68. The normalized spacial score (nSPS) is 14.8. The van der Waals surface area contributed by atoms with Gasteiger partial charge in [-0.15, -0.1) is 0 Å². The van der Waals surface area contributed by atoms with Crippen molar-refractivity contribution in [3.8, 4) is 5.75 Å². The van der Waals surface area contributed by atoms with Crippen molar-refractivity contribution < 1.29 is 18.7 Å². The molecule has 1 aliphatic rings. The van der Waals surface area contributed by atoms with Crippen molar-refractivity contribution in [1.29, 1.82) is 0 Å². The number of hydrogen-bond donors (Lipinski definition) is 1. The van der Waals surface area contributed by atoms with Crippen LogP contribution in [0.25, 0.3) is 0 Å². The number of halogens is 1. The summed E-state index contributed by atoms with van der Waals surface area (Å²) in [6, 6.07) is 13.7. The molecule has 0 saturated carbocycles. The standard InChI is InChI=1S/C20H23FN2O3/c21-18-5-7-19(8-6-18)26-15-20(24)22-13-16-3-1-2-4-17(16)14-23-9-11-25-12-10-23/h1-8H,9-15H2,(H,22,24). The van der Waals surface area contributed by atoms with E-state index in [9.17, 15) is 9.18 Å². The minimum absolute atomic E-state index is 0.0999. The Morgan fingerprint density at radius 2 is 1.77 bits per heavy atom. The maximum atomic E-state index is 12.9. The van der Waals surface area contributed by atoms with Crippen LogP contribution < -0.4 is 10.1 Å². The Bertz CT molecular complexity index is 715. The number of ether oxygens (including phenoxy) is 2. The summed E-state index contributed by atoms with van der Waals surface area (Å²) >= 11 is 0. The van der Waals surface area contributed by atoms with Crippen LogP contribution in [0.3, 0.4) is 0 Å². The van der Waals surface area contributed by atoms with Crippen LogP contribution in [-0.4, -0.2) is 43.7 Å². The van der Waals surface area contributed by atoms with Crippen molar-refractivity contribution in [3.05, 3.63) is 65.5 Å². The molecule has 1 amide bonds. The number of carbonyl (C=O) groups excluding carboxylic acids is 1. The van der Waals surface area contributed by atoms with Gasteiger partial charge in [-0.2, -0.15) is 0 Å². The monoisotopic (exact) mass is 358 g/mol. The first-order chi connectivity index (χ1) is 12.7. The third-order valence-electron chi connectivity index (χ3n) is 4.28. The molecule has 0 radical (unpaired) electrons. The second kappa shape index (κ2) is 9.31. The molecular weight excluding hydrogens is 335 g/mol. The van der Waals surface area contributed by atoms with Crippen LogP contribution in [0.4, 0.5) is 4.39 Å². The van der Waals surface area contributed by atoms with E-state index in [1.807, 2.05) is 18.2 Å². The number of amides is 1. The fourth-order valence-corrected chi connectivity index (χ4v) is 2.81. The molecular formula is C20H23FN2O3. The Kier molecular flexibility index (Phi) is 6.57. The van der Waals surface area contributed by atoms with Gasteiger partial charge >= 0.3 is 0 Å². The summed E-state index contributed by atoms with van der Waals surface area (Å²) in [5, 5.41) is 2.88. The number of rotatable bonds is 7. The second-order valence-electron chi connectivity index (χ2n) is 6.18. The topological polar surface area (TPSA) is 50.8 Å². The second-order valence-corrected chi connectivity index (χ2v) is 6.18. The van der Waals surface area contributed by atoms with Crippen LogP contribution in [0.5, 0.6) is 5.75 Å². The Morgan fingerprint density at radius 3 is 2.50 bits per heavy atom. The number of hydrogen-bond acceptors (Lipinski definition) is 4. The van der Waals surface area contributed by atoms with Crippen LogP contribution in [0, 0.1) is 5.82 Å². The van der Waals surface area contributed by atoms with Crippen LogP contribution in [0.2, 0.25) is 0 Å². The summed E-state index contributed by atoms with van der Waals surface area (Å²) in [5.74, 6) is -0.0801. The largest absolute Gasteiger partial charge is 0.484 e. The highest BCUT2D eigenvalue weighted by Gasteiger charge is 2.13. The lowest BCUT2D eigenvalue weighted by Crippen LogP contribution is -2.36. The quantitative estimate of drug-likeness (QED) is 0.826. The van der Waals surface area contributed by atoms with E-state index in [-0.39, 0.29) is 18.3 Å². The van der Waals surface area contributed by atoms with Crippen molar-refractivity contribution in [3.63, 3.8) is 0 Å². The van der Waals surface area contributed by atoms with Gasteiger partial charge in [0.15, 0.2) is 6.61 Å². The van der Waals surface area contributed by atoms with Gasteiger partial charge in [-0.1, -0.05) is 24.3 Å². The molecule has 0 aliphatic carbocycles. The number of morpholine rings is 1. The van der Waals surface area contributed by atoms with E-state index in [1.54, 1.807) is 0 Å². The predicted octanol–water partition coefficient (Wildman–Crippen LogP) is 2.35. The molecule has 0 atom stereocenters. The Hall–Kier alpha value is -2.44. The summed E-state index contributed by atoms with van der Waals surface area (Å²) in [5.41, 5.74) is 2.29. The molecule has 1 aliphatic heterocycles. The fourth-order valence-electron chi connectivity index (χ4n) is 2.81. The number of benzene rings is 2. The number of carbonyl (C=O) groups is 1. The SMILES string of the molecule is O=C(COc1ccc(F)cc1)NCc1ccccc1CN1CCOCC1. The summed E-state index contributed by atoms with van der Waals surface area (Å²) in [4.78, 5) is 14.4. The maximum absolute atomic E-state index is 12.9. The highest BCUT2D eigenvalue weighted by atomic mass is 19.1. The van der Waals surface area contributed by atoms with E-state index >= 15 is 0 Å². The lowest BCUT2D eigenvalue weighted by Gasteiger charge is -2.27. The molecule has 1 fully saturated rings. The van der Waals surface area contributed by atoms with Gasteiger partial charge in [0.05, 0.1) is 13.2 Å². The van der Waals surface area contributed by atoms with Crippen molar-refractivity contribution in [2.24, 2.45) is 0 Å². The fraction of sp³-hybridized carbons (Fsp3) is 0.350. The van der Waals surface area contributed by atoms with E-state index in [0.29, 0.717) is 12.3 Å². The zero-order valence-electron chi connectivity index (χ0n) is 14.6. The Balaban J connectivity index is 1.49. The zero-order valence-corrected chi connectivity index (χ0v) is 14.6. The predicted molar refractivity (Wildman–Crippen MR) is 96.3 cm³/mol. The molecule has 6 heteroatoms. The molecule has 0 bridgehead atoms. The number of nitrogens with one attached hydrogen (secondary N) is 1. The molecule has 0 aromatic heterocycles. The van der Waals surface area contributed by atoms with Crippen LogP contribution in [0.1, 0.15) is 11.1 Å². The van der Waals surface area contributed by atoms with E-state index in [4.69, 9.17) is 9.47 Å². The molecule has 2 aromatic rings. The third kappa shape index (κ3) is 5.54. The molecule has 0 spiro atoms. The molecule has 3 rings (SSSR count). The highest BCUT2D eigenvalue weighted by molar-refractivity contribution is 5.77. The Labute approximate surface area is 152 Å². The summed E-state index contributed by atoms with van der Waals surface area (Å²) in [7, 11) is 0. The van der Waals surface area contributed by atoms with E-state index < -0.39 is 0 Å². The van der Waals surface area contributed by atoms with E-state index in [1.165, 1.54) is 29.8 Å². The first-order valence-electron chi connectivity index (χ1n) is 8.72. The van der Waals surface area contributed by atoms with Gasteiger partial charge in [0, 0.05) is 26.2 Å². The lowest BCUT2D eigenvalue weighted by molar-refractivity contribution is -0.123. The van der Waals surface area contributed by atoms with Crippen LogP contribution in [-0.2, 0) is 22.6 Å². The van der Waals surface area contributed by atoms with Gasteiger partial charge in [0.1, 0.15) is 11.6 Å². The van der Waals surface area contributed by atoms with Gasteiger partial charge in [0.25, 0.3) is 5.91 Å². The van der Waals surface area contributed by atoms with Gasteiger partial charge < -0.3 is 14.8 Å². The third-order valence-corrected chi connectivity index (χ3v) is 4.28. The first-order valence-corrected chi connectivity index (χ1v) is 8.72. The molecule has 5 nitrogen and oxygen atoms in total. The molecule has 1 saturated heterocycles. The summed E-state index contributed by atoms with van der Waals surface area (Å²) in [6.07, 6.45) is 0. The van der Waals surface area contributed by atoms with E-state index in [2.05, 4.69) is 16.3 Å². The molecule has 2 aromatic carbocycles. The first kappa shape index (κ1) is 18.4. The highest BCUT2D eigenvalue weighted by Crippen LogP contribution is 2.13. The maximum Gasteiger partial charge on any atom is 0.258 e. The smallest absolute Gasteiger partial charge is 0.258 e. The van der Waals surface area contributed by atoms with Crippen molar-refractivity contribution in [2.45, 2.75) is 13.1 Å². The lowest BCUT2D eigenvalue weighted by atomic mass is 10.1. The minimum atomic E-state index is -0.335. The average molecular weight is 358 g/mol. The number of nitrogens with zero attached hydrogens (tertiary/aromatic N) is 1. The molecule has 1 N–H and O–H groups in total. The minimum Gasteiger partial charge on any atom is -0.484 e. The van der Waals surface area contributed by atoms with Crippen molar-refractivity contribution in [1.82, 2.24) is 10.2 Å². The summed E-state index contributed by atoms with van der Waals surface area (Å²) < 4.78 is 23.6. The van der Waals surface area contributed by atoms with Crippen LogP contribution in [0.15, 0.2) is 48.5 Å². The van der Waals surface area contributed by atoms with Gasteiger partial charge in [-0.05, 0) is 35.4 Å². The molecule has 1 heterocycles. The van der Waals surface area contributed by atoms with Crippen molar-refractivity contribution in [2.75, 3.05) is 32.9 Å². The van der Waals surface area contributed by atoms with Crippen LogP contribution >= 0.6 is 0 Å². The summed E-state index contributed by atoms with van der Waals surface area (Å²) in [6.45, 7) is 4.57.